The zero-order chi connectivity index (χ0) is 17.1. The number of ketones is 1. The molecule has 2 atom stereocenters. The first-order valence-corrected chi connectivity index (χ1v) is 9.52. The van der Waals surface area contributed by atoms with Crippen LogP contribution in [-0.4, -0.2) is 41.5 Å². The van der Waals surface area contributed by atoms with Gasteiger partial charge < -0.3 is 4.55 Å². The maximum absolute atomic E-state index is 12.0. The highest BCUT2D eigenvalue weighted by molar-refractivity contribution is 7.97. The average Bonchev–Trinajstić information content (AvgIpc) is 2.74. The number of benzene rings is 1. The maximum Gasteiger partial charge on any atom is 0.485 e. The number of fused-ring (bicyclic) bond motifs is 1. The third kappa shape index (κ3) is 4.47. The maximum atomic E-state index is 12.0. The molecule has 0 fully saturated rings. The van der Waals surface area contributed by atoms with Gasteiger partial charge in [0.1, 0.15) is 5.75 Å². The van der Waals surface area contributed by atoms with E-state index >= 15 is 0 Å². The first kappa shape index (κ1) is 19.0. The molecule has 0 heterocycles. The summed E-state index contributed by atoms with van der Waals surface area (Å²) in [7, 11) is -5.85. The topological polar surface area (TPSA) is 74.3 Å². The summed E-state index contributed by atoms with van der Waals surface area (Å²) in [5, 5.41) is 0.261. The van der Waals surface area contributed by atoms with Crippen LogP contribution in [0.15, 0.2) is 24.3 Å². The van der Waals surface area contributed by atoms with E-state index in [0.717, 1.165) is 17.7 Å². The van der Waals surface area contributed by atoms with Crippen LogP contribution in [0.25, 0.3) is 0 Å². The zero-order valence-corrected chi connectivity index (χ0v) is 13.5. The first-order chi connectivity index (χ1) is 9.99. The standard InChI is InChI=1S/C12H15OS.CHF3O3S/c1-3-14(2)11-8-9-6-4-5-7-10(9)12(11)13;2-1(3,4)8(5,6)7/h4-7,11H,3,8H2,1-2H3;(H,5,6,7)/q+1;/p-1. The Kier molecular flexibility index (Phi) is 6.05. The van der Waals surface area contributed by atoms with Gasteiger partial charge in [0, 0.05) is 12.0 Å². The summed E-state index contributed by atoms with van der Waals surface area (Å²) < 4.78 is 58.9. The number of halogens is 3. The summed E-state index contributed by atoms with van der Waals surface area (Å²) in [6.45, 7) is 2.17. The Morgan fingerprint density at radius 3 is 2.23 bits per heavy atom. The molecule has 124 valence electrons. The SMILES string of the molecule is CC[S+](C)C1Cc2ccccc2C1=O.O=S(=O)([O-])C(F)(F)F. The Bertz CT molecular complexity index is 641. The minimum Gasteiger partial charge on any atom is -0.741 e. The van der Waals surface area contributed by atoms with Gasteiger partial charge in [0.05, 0.1) is 6.26 Å². The zero-order valence-electron chi connectivity index (χ0n) is 11.9. The van der Waals surface area contributed by atoms with Crippen molar-refractivity contribution in [2.45, 2.75) is 24.1 Å². The molecule has 0 aromatic heterocycles. The molecule has 1 aromatic rings. The predicted octanol–water partition coefficient (Wildman–Crippen LogP) is 2.11. The van der Waals surface area contributed by atoms with E-state index in [0.29, 0.717) is 5.78 Å². The predicted molar refractivity (Wildman–Crippen MR) is 77.8 cm³/mol. The van der Waals surface area contributed by atoms with Crippen LogP contribution in [0.1, 0.15) is 22.8 Å². The Labute approximate surface area is 129 Å². The second-order valence-corrected chi connectivity index (χ2v) is 8.49. The quantitative estimate of drug-likeness (QED) is 0.462. The van der Waals surface area contributed by atoms with Crippen LogP contribution in [0.5, 0.6) is 0 Å². The Hall–Kier alpha value is -1.06. The number of alkyl halides is 3. The van der Waals surface area contributed by atoms with Crippen molar-refractivity contribution in [2.75, 3.05) is 12.0 Å². The van der Waals surface area contributed by atoms with Gasteiger partial charge in [-0.2, -0.15) is 13.2 Å². The van der Waals surface area contributed by atoms with E-state index in [2.05, 4.69) is 19.2 Å². The molecule has 1 aromatic carbocycles. The monoisotopic (exact) mass is 356 g/mol. The Morgan fingerprint density at radius 2 is 1.82 bits per heavy atom. The molecule has 0 bridgehead atoms. The number of hydrogen-bond donors (Lipinski definition) is 0. The van der Waals surface area contributed by atoms with Crippen LogP contribution in [-0.2, 0) is 27.4 Å². The lowest BCUT2D eigenvalue weighted by atomic mass is 10.1. The third-order valence-corrected chi connectivity index (χ3v) is 6.03. The van der Waals surface area contributed by atoms with Crippen molar-refractivity contribution in [1.82, 2.24) is 0 Å². The highest BCUT2D eigenvalue weighted by Gasteiger charge is 2.39. The minimum atomic E-state index is -6.09. The van der Waals surface area contributed by atoms with Crippen molar-refractivity contribution in [3.63, 3.8) is 0 Å². The van der Waals surface area contributed by atoms with Gasteiger partial charge in [0.25, 0.3) is 0 Å². The van der Waals surface area contributed by atoms with Gasteiger partial charge in [-0.3, -0.25) is 4.79 Å². The van der Waals surface area contributed by atoms with Gasteiger partial charge in [-0.15, -0.1) is 0 Å². The van der Waals surface area contributed by atoms with Crippen LogP contribution >= 0.6 is 0 Å². The summed E-state index contributed by atoms with van der Waals surface area (Å²) in [6.07, 6.45) is 3.16. The average molecular weight is 356 g/mol. The Morgan fingerprint density at radius 1 is 1.32 bits per heavy atom. The van der Waals surface area contributed by atoms with Gasteiger partial charge in [-0.1, -0.05) is 24.3 Å². The van der Waals surface area contributed by atoms with Crippen LogP contribution in [0.3, 0.4) is 0 Å². The molecule has 2 rings (SSSR count). The van der Waals surface area contributed by atoms with Crippen LogP contribution in [0, 0.1) is 0 Å². The Balaban J connectivity index is 0.000000261. The van der Waals surface area contributed by atoms with E-state index < -0.39 is 15.6 Å². The van der Waals surface area contributed by atoms with Crippen molar-refractivity contribution in [3.05, 3.63) is 35.4 Å². The van der Waals surface area contributed by atoms with Gasteiger partial charge in [-0.25, -0.2) is 8.42 Å². The molecule has 2 unspecified atom stereocenters. The number of hydrogen-bond acceptors (Lipinski definition) is 4. The lowest BCUT2D eigenvalue weighted by Crippen LogP contribution is -2.28. The molecule has 0 amide bonds. The molecule has 0 saturated heterocycles. The fourth-order valence-electron chi connectivity index (χ4n) is 1.93. The van der Waals surface area contributed by atoms with Gasteiger partial charge in [-0.05, 0) is 23.4 Å². The second kappa shape index (κ2) is 7.01. The van der Waals surface area contributed by atoms with E-state index in [9.17, 15) is 18.0 Å². The molecule has 1 aliphatic carbocycles. The summed E-state index contributed by atoms with van der Waals surface area (Å²) in [5.74, 6) is 1.48. The van der Waals surface area contributed by atoms with E-state index in [1.807, 2.05) is 18.2 Å². The highest BCUT2D eigenvalue weighted by Crippen LogP contribution is 2.26. The van der Waals surface area contributed by atoms with Crippen LogP contribution in [0.4, 0.5) is 13.2 Å². The molecular formula is C13H15F3O4S2. The molecule has 9 heteroatoms. The number of rotatable bonds is 2. The lowest BCUT2D eigenvalue weighted by Gasteiger charge is -2.08. The second-order valence-electron chi connectivity index (χ2n) is 4.59. The summed E-state index contributed by atoms with van der Waals surface area (Å²) in [6, 6.07) is 8.03. The summed E-state index contributed by atoms with van der Waals surface area (Å²) in [4.78, 5) is 12.0. The molecule has 4 nitrogen and oxygen atoms in total. The van der Waals surface area contributed by atoms with E-state index in [1.165, 1.54) is 5.56 Å². The number of carbonyl (C=O) groups is 1. The molecule has 1 aliphatic rings. The van der Waals surface area contributed by atoms with E-state index in [-0.39, 0.29) is 16.1 Å². The fraction of sp³-hybridized carbons (Fsp3) is 0.462. The van der Waals surface area contributed by atoms with Crippen LogP contribution in [0.2, 0.25) is 0 Å². The van der Waals surface area contributed by atoms with Crippen molar-refractivity contribution in [1.29, 1.82) is 0 Å². The van der Waals surface area contributed by atoms with Crippen molar-refractivity contribution in [2.24, 2.45) is 0 Å². The van der Waals surface area contributed by atoms with Gasteiger partial charge in [0.2, 0.25) is 5.78 Å². The van der Waals surface area contributed by atoms with Crippen molar-refractivity contribution in [3.8, 4) is 0 Å². The van der Waals surface area contributed by atoms with E-state index in [4.69, 9.17) is 13.0 Å². The molecule has 0 radical (unpaired) electrons. The van der Waals surface area contributed by atoms with Crippen molar-refractivity contribution >= 4 is 26.8 Å². The fourth-order valence-corrected chi connectivity index (χ4v) is 3.29. The summed E-state index contributed by atoms with van der Waals surface area (Å²) in [5.41, 5.74) is -3.44. The minimum absolute atomic E-state index is 0.242. The molecule has 0 aliphatic heterocycles. The molecule has 0 spiro atoms. The lowest BCUT2D eigenvalue weighted by molar-refractivity contribution is -0.0517. The smallest absolute Gasteiger partial charge is 0.485 e. The molecule has 22 heavy (non-hydrogen) atoms. The molecular weight excluding hydrogens is 341 g/mol. The normalized spacial score (nSPS) is 19.2. The number of Topliss-reactive ketones (excluding diaryl/α,β-unsaturated/α-hetero) is 1. The van der Waals surface area contributed by atoms with Gasteiger partial charge >= 0.3 is 5.51 Å². The first-order valence-electron chi connectivity index (χ1n) is 6.24. The highest BCUT2D eigenvalue weighted by atomic mass is 32.2. The van der Waals surface area contributed by atoms with Crippen LogP contribution < -0.4 is 0 Å². The molecule has 0 saturated carbocycles. The van der Waals surface area contributed by atoms with E-state index in [1.54, 1.807) is 0 Å². The summed E-state index contributed by atoms with van der Waals surface area (Å²) >= 11 is 0. The number of carbonyl (C=O) groups excluding carboxylic acids is 1. The molecule has 0 N–H and O–H groups in total. The van der Waals surface area contributed by atoms with Gasteiger partial charge in [0.15, 0.2) is 15.4 Å². The largest absolute Gasteiger partial charge is 0.741 e. The van der Waals surface area contributed by atoms with Crippen molar-refractivity contribution < 1.29 is 30.9 Å². The third-order valence-electron chi connectivity index (χ3n) is 3.21.